The minimum absolute atomic E-state index is 0.813. The van der Waals surface area contributed by atoms with Gasteiger partial charge in [0, 0.05) is 27.4 Å². The van der Waals surface area contributed by atoms with Gasteiger partial charge in [-0.2, -0.15) is 0 Å². The van der Waals surface area contributed by atoms with Crippen LogP contribution in [0.1, 0.15) is 24.8 Å². The molecule has 0 fully saturated rings. The van der Waals surface area contributed by atoms with Crippen molar-refractivity contribution in [2.75, 3.05) is 27.4 Å². The third-order valence-corrected chi connectivity index (χ3v) is 2.93. The first-order valence-corrected chi connectivity index (χ1v) is 6.22. The molecule has 0 saturated heterocycles. The summed E-state index contributed by atoms with van der Waals surface area (Å²) in [7, 11) is 3.51. The maximum Gasteiger partial charge on any atom is 0.0467 e. The molecular formula is C15H23O2. The lowest BCUT2D eigenvalue weighted by Gasteiger charge is -2.15. The number of aryl methyl sites for hydroxylation is 1. The van der Waals surface area contributed by atoms with Gasteiger partial charge in [0.1, 0.15) is 0 Å². The van der Waals surface area contributed by atoms with E-state index in [4.69, 9.17) is 9.47 Å². The molecule has 0 aliphatic heterocycles. The van der Waals surface area contributed by atoms with Crippen molar-refractivity contribution < 1.29 is 9.47 Å². The summed E-state index contributed by atoms with van der Waals surface area (Å²) < 4.78 is 10.3. The first-order valence-electron chi connectivity index (χ1n) is 6.22. The fourth-order valence-electron chi connectivity index (χ4n) is 1.83. The van der Waals surface area contributed by atoms with Crippen LogP contribution in [0.25, 0.3) is 0 Å². The van der Waals surface area contributed by atoms with Gasteiger partial charge in [-0.3, -0.25) is 0 Å². The Kier molecular flexibility index (Phi) is 7.69. The quantitative estimate of drug-likeness (QED) is 0.654. The smallest absolute Gasteiger partial charge is 0.0467 e. The zero-order chi connectivity index (χ0) is 12.3. The normalized spacial score (nSPS) is 11.0. The second-order valence-electron chi connectivity index (χ2n) is 4.22. The highest BCUT2D eigenvalue weighted by molar-refractivity contribution is 5.15. The highest BCUT2D eigenvalue weighted by Gasteiger charge is 2.09. The van der Waals surface area contributed by atoms with Crippen molar-refractivity contribution in [2.24, 2.45) is 0 Å². The van der Waals surface area contributed by atoms with Gasteiger partial charge in [0.2, 0.25) is 0 Å². The van der Waals surface area contributed by atoms with Crippen LogP contribution in [0, 0.1) is 5.92 Å². The number of methoxy groups -OCH3 is 2. The summed E-state index contributed by atoms with van der Waals surface area (Å²) in [6, 6.07) is 10.6. The van der Waals surface area contributed by atoms with Gasteiger partial charge in [-0.05, 0) is 37.2 Å². The molecular weight excluding hydrogens is 212 g/mol. The molecule has 0 aromatic heterocycles. The standard InChI is InChI=1S/C15H23O2/c1-16-12-10-15(11-13-17-2)9-8-14-6-4-3-5-7-14/h3-7H,8-13H2,1-2H3. The molecule has 0 amide bonds. The topological polar surface area (TPSA) is 18.5 Å². The van der Waals surface area contributed by atoms with Gasteiger partial charge in [0.15, 0.2) is 0 Å². The molecule has 0 aliphatic carbocycles. The number of benzene rings is 1. The second-order valence-corrected chi connectivity index (χ2v) is 4.22. The Morgan fingerprint density at radius 2 is 1.47 bits per heavy atom. The van der Waals surface area contributed by atoms with Crippen molar-refractivity contribution in [2.45, 2.75) is 25.7 Å². The van der Waals surface area contributed by atoms with Crippen molar-refractivity contribution in [1.82, 2.24) is 0 Å². The molecule has 95 valence electrons. The average molecular weight is 235 g/mol. The molecule has 0 unspecified atom stereocenters. The Morgan fingerprint density at radius 3 is 2.00 bits per heavy atom. The van der Waals surface area contributed by atoms with Gasteiger partial charge in [-0.1, -0.05) is 30.3 Å². The molecule has 1 radical (unpaired) electrons. The van der Waals surface area contributed by atoms with E-state index in [2.05, 4.69) is 30.3 Å². The molecule has 0 bridgehead atoms. The van der Waals surface area contributed by atoms with E-state index in [9.17, 15) is 0 Å². The van der Waals surface area contributed by atoms with E-state index in [1.54, 1.807) is 14.2 Å². The summed E-state index contributed by atoms with van der Waals surface area (Å²) >= 11 is 0. The maximum absolute atomic E-state index is 5.14. The van der Waals surface area contributed by atoms with Gasteiger partial charge in [0.25, 0.3) is 0 Å². The highest BCUT2D eigenvalue weighted by atomic mass is 16.5. The molecule has 0 spiro atoms. The van der Waals surface area contributed by atoms with Gasteiger partial charge in [0.05, 0.1) is 0 Å². The molecule has 0 atom stereocenters. The summed E-state index contributed by atoms with van der Waals surface area (Å²) in [5.41, 5.74) is 1.40. The fourth-order valence-corrected chi connectivity index (χ4v) is 1.83. The zero-order valence-electron chi connectivity index (χ0n) is 10.9. The fraction of sp³-hybridized carbons (Fsp3) is 0.533. The molecule has 2 nitrogen and oxygen atoms in total. The predicted octanol–water partition coefficient (Wildman–Crippen LogP) is 3.27. The molecule has 2 heteroatoms. The van der Waals surface area contributed by atoms with E-state index in [1.165, 1.54) is 11.5 Å². The SMILES string of the molecule is COCC[C](CCOC)CCc1ccccc1. The summed E-state index contributed by atoms with van der Waals surface area (Å²) in [4.78, 5) is 0. The van der Waals surface area contributed by atoms with E-state index in [-0.39, 0.29) is 0 Å². The van der Waals surface area contributed by atoms with E-state index in [0.717, 1.165) is 38.9 Å². The van der Waals surface area contributed by atoms with Gasteiger partial charge >= 0.3 is 0 Å². The van der Waals surface area contributed by atoms with Crippen LogP contribution < -0.4 is 0 Å². The molecule has 0 heterocycles. The lowest BCUT2D eigenvalue weighted by Crippen LogP contribution is -2.07. The van der Waals surface area contributed by atoms with Crippen molar-refractivity contribution in [1.29, 1.82) is 0 Å². The number of hydrogen-bond donors (Lipinski definition) is 0. The minimum Gasteiger partial charge on any atom is -0.385 e. The Morgan fingerprint density at radius 1 is 0.882 bits per heavy atom. The number of ether oxygens (including phenoxy) is 2. The monoisotopic (exact) mass is 235 g/mol. The lowest BCUT2D eigenvalue weighted by molar-refractivity contribution is 0.177. The lowest BCUT2D eigenvalue weighted by atomic mass is 9.94. The minimum atomic E-state index is 0.813. The van der Waals surface area contributed by atoms with Crippen LogP contribution in [0.4, 0.5) is 0 Å². The van der Waals surface area contributed by atoms with E-state index < -0.39 is 0 Å². The second kappa shape index (κ2) is 9.20. The highest BCUT2D eigenvalue weighted by Crippen LogP contribution is 2.19. The summed E-state index contributed by atoms with van der Waals surface area (Å²) in [6.45, 7) is 1.63. The first-order chi connectivity index (χ1) is 8.36. The predicted molar refractivity (Wildman–Crippen MR) is 71.0 cm³/mol. The molecule has 17 heavy (non-hydrogen) atoms. The Labute approximate surface area is 105 Å². The van der Waals surface area contributed by atoms with E-state index in [1.807, 2.05) is 0 Å². The van der Waals surface area contributed by atoms with E-state index >= 15 is 0 Å². The van der Waals surface area contributed by atoms with Crippen molar-refractivity contribution in [3.63, 3.8) is 0 Å². The van der Waals surface area contributed by atoms with Crippen molar-refractivity contribution >= 4 is 0 Å². The summed E-state index contributed by atoms with van der Waals surface area (Å²) in [6.07, 6.45) is 4.35. The van der Waals surface area contributed by atoms with Crippen LogP contribution in [-0.2, 0) is 15.9 Å². The Balaban J connectivity index is 2.31. The van der Waals surface area contributed by atoms with Crippen LogP contribution in [0.3, 0.4) is 0 Å². The summed E-state index contributed by atoms with van der Waals surface area (Å²) in [5.74, 6) is 1.54. The third kappa shape index (κ3) is 6.44. The number of rotatable bonds is 9. The van der Waals surface area contributed by atoms with E-state index in [0.29, 0.717) is 0 Å². The largest absolute Gasteiger partial charge is 0.385 e. The molecule has 0 N–H and O–H groups in total. The van der Waals surface area contributed by atoms with Gasteiger partial charge in [-0.25, -0.2) is 0 Å². The van der Waals surface area contributed by atoms with Crippen LogP contribution in [0.2, 0.25) is 0 Å². The van der Waals surface area contributed by atoms with Gasteiger partial charge < -0.3 is 9.47 Å². The molecule has 1 rings (SSSR count). The van der Waals surface area contributed by atoms with Crippen molar-refractivity contribution in [3.8, 4) is 0 Å². The zero-order valence-corrected chi connectivity index (χ0v) is 10.9. The van der Waals surface area contributed by atoms with Crippen molar-refractivity contribution in [3.05, 3.63) is 41.8 Å². The third-order valence-electron chi connectivity index (χ3n) is 2.93. The average Bonchev–Trinajstić information content (AvgIpc) is 2.39. The Bertz CT molecular complexity index is 264. The van der Waals surface area contributed by atoms with Crippen LogP contribution in [-0.4, -0.2) is 27.4 Å². The van der Waals surface area contributed by atoms with Crippen LogP contribution in [0.5, 0.6) is 0 Å². The van der Waals surface area contributed by atoms with Crippen LogP contribution in [0.15, 0.2) is 30.3 Å². The van der Waals surface area contributed by atoms with Crippen LogP contribution >= 0.6 is 0 Å². The molecule has 0 aliphatic rings. The number of hydrogen-bond acceptors (Lipinski definition) is 2. The maximum atomic E-state index is 5.14. The van der Waals surface area contributed by atoms with Gasteiger partial charge in [-0.15, -0.1) is 0 Å². The molecule has 1 aromatic carbocycles. The molecule has 1 aromatic rings. The molecule has 0 saturated carbocycles. The Hall–Kier alpha value is -0.860. The first kappa shape index (κ1) is 14.2. The summed E-state index contributed by atoms with van der Waals surface area (Å²) in [5, 5.41) is 0.